The van der Waals surface area contributed by atoms with E-state index in [1.165, 1.54) is 0 Å². The largest absolute Gasteiger partial charge is 0.394 e. The van der Waals surface area contributed by atoms with Crippen LogP contribution in [0.1, 0.15) is 51.1 Å². The molecule has 0 saturated heterocycles. The van der Waals surface area contributed by atoms with Crippen molar-refractivity contribution in [3.8, 4) is 34.0 Å². The van der Waals surface area contributed by atoms with Gasteiger partial charge in [0.1, 0.15) is 11.4 Å². The molecule has 1 aliphatic rings. The lowest BCUT2D eigenvalue weighted by Gasteiger charge is -2.23. The summed E-state index contributed by atoms with van der Waals surface area (Å²) in [5.74, 6) is 0.527. The van der Waals surface area contributed by atoms with Gasteiger partial charge in [0.05, 0.1) is 24.7 Å². The Bertz CT molecular complexity index is 1380. The lowest BCUT2D eigenvalue weighted by Crippen LogP contribution is -2.42. The number of aromatic nitrogens is 4. The first kappa shape index (κ1) is 24.1. The van der Waals surface area contributed by atoms with Crippen LogP contribution in [-0.2, 0) is 6.54 Å². The van der Waals surface area contributed by atoms with Crippen molar-refractivity contribution in [3.05, 3.63) is 77.0 Å². The van der Waals surface area contributed by atoms with Gasteiger partial charge in [0.25, 0.3) is 5.56 Å². The topological polar surface area (TPSA) is 106 Å². The number of hydrogen-bond donors (Lipinski definition) is 2. The molecule has 0 unspecified atom stereocenters. The molecule has 5 rings (SSSR count). The van der Waals surface area contributed by atoms with E-state index in [1.54, 1.807) is 24.5 Å². The first-order valence-electron chi connectivity index (χ1n) is 12.4. The van der Waals surface area contributed by atoms with E-state index in [2.05, 4.69) is 15.5 Å². The predicted octanol–water partition coefficient (Wildman–Crippen LogP) is 4.60. The van der Waals surface area contributed by atoms with Crippen LogP contribution >= 0.6 is 0 Å². The summed E-state index contributed by atoms with van der Waals surface area (Å²) in [7, 11) is 0. The molecule has 1 fully saturated rings. The molecule has 4 aromatic rings. The zero-order chi connectivity index (χ0) is 25.1. The van der Waals surface area contributed by atoms with Crippen LogP contribution in [0.5, 0.6) is 0 Å². The van der Waals surface area contributed by atoms with Crippen molar-refractivity contribution in [1.29, 1.82) is 0 Å². The zero-order valence-corrected chi connectivity index (χ0v) is 20.6. The Labute approximate surface area is 210 Å². The van der Waals surface area contributed by atoms with E-state index in [1.807, 2.05) is 54.9 Å². The van der Waals surface area contributed by atoms with Crippen molar-refractivity contribution >= 4 is 0 Å². The number of nitrogens with zero attached hydrogens (tertiary/aromatic N) is 4. The molecular formula is C28H31N5O3. The highest BCUT2D eigenvalue weighted by Crippen LogP contribution is 2.30. The quantitative estimate of drug-likeness (QED) is 0.376. The number of hydrogen-bond acceptors (Lipinski definition) is 7. The number of aliphatic hydroxyl groups excluding tert-OH is 1. The summed E-state index contributed by atoms with van der Waals surface area (Å²) in [5.41, 5.74) is 4.56. The van der Waals surface area contributed by atoms with Gasteiger partial charge < -0.3 is 19.5 Å². The minimum Gasteiger partial charge on any atom is -0.394 e. The lowest BCUT2D eigenvalue weighted by molar-refractivity contribution is 0.187. The van der Waals surface area contributed by atoms with Crippen molar-refractivity contribution < 1.29 is 9.63 Å². The van der Waals surface area contributed by atoms with Crippen molar-refractivity contribution in [3.63, 3.8) is 0 Å². The van der Waals surface area contributed by atoms with Crippen LogP contribution in [0.2, 0.25) is 0 Å². The van der Waals surface area contributed by atoms with Gasteiger partial charge >= 0.3 is 0 Å². The second-order valence-corrected chi connectivity index (χ2v) is 10.1. The fourth-order valence-electron chi connectivity index (χ4n) is 4.47. The van der Waals surface area contributed by atoms with E-state index >= 15 is 0 Å². The molecule has 2 N–H and O–H groups in total. The number of aliphatic hydroxyl groups is 1. The van der Waals surface area contributed by atoms with Gasteiger partial charge in [-0.15, -0.1) is 0 Å². The fourth-order valence-corrected chi connectivity index (χ4v) is 4.47. The zero-order valence-electron chi connectivity index (χ0n) is 20.6. The first-order valence-corrected chi connectivity index (χ1v) is 12.4. The van der Waals surface area contributed by atoms with E-state index in [4.69, 9.17) is 9.51 Å². The smallest absolute Gasteiger partial charge is 0.250 e. The van der Waals surface area contributed by atoms with E-state index in [0.29, 0.717) is 29.4 Å². The number of nitrogens with one attached hydrogen (secondary N) is 1. The van der Waals surface area contributed by atoms with Crippen molar-refractivity contribution in [1.82, 2.24) is 25.0 Å². The Hall–Kier alpha value is -3.62. The van der Waals surface area contributed by atoms with Gasteiger partial charge in [0, 0.05) is 47.6 Å². The Balaban J connectivity index is 1.34. The highest BCUT2D eigenvalue weighted by atomic mass is 16.5. The molecule has 1 aromatic carbocycles. The van der Waals surface area contributed by atoms with Crippen molar-refractivity contribution in [2.75, 3.05) is 6.61 Å². The molecular weight excluding hydrogens is 454 g/mol. The van der Waals surface area contributed by atoms with Crippen molar-refractivity contribution in [2.45, 2.75) is 57.7 Å². The molecule has 8 nitrogen and oxygen atoms in total. The molecule has 0 aliphatic heterocycles. The summed E-state index contributed by atoms with van der Waals surface area (Å²) in [6.07, 6.45) is 9.64. The van der Waals surface area contributed by atoms with E-state index < -0.39 is 0 Å². The molecule has 36 heavy (non-hydrogen) atoms. The number of rotatable bonds is 8. The normalized spacial score (nSPS) is 14.4. The highest BCUT2D eigenvalue weighted by molar-refractivity contribution is 5.66. The maximum atomic E-state index is 12.4. The Morgan fingerprint density at radius 1 is 1.03 bits per heavy atom. The average molecular weight is 486 g/mol. The van der Waals surface area contributed by atoms with E-state index in [9.17, 15) is 9.90 Å². The molecule has 3 aromatic heterocycles. The molecule has 8 heteroatoms. The molecule has 186 valence electrons. The van der Waals surface area contributed by atoms with Crippen LogP contribution in [0.15, 0.2) is 70.4 Å². The molecule has 0 spiro atoms. The van der Waals surface area contributed by atoms with Gasteiger partial charge in [-0.3, -0.25) is 9.78 Å². The SMILES string of the molecule is CC(C)(CO)NCc1ccc(-c2cc(-c3cncc(-c4ccc(=O)n(C5CCCC5)c4)n3)on2)cc1. The van der Waals surface area contributed by atoms with Crippen molar-refractivity contribution in [2.24, 2.45) is 0 Å². The minimum atomic E-state index is -0.330. The van der Waals surface area contributed by atoms with Crippen LogP contribution in [0.25, 0.3) is 34.0 Å². The third kappa shape index (κ3) is 5.29. The summed E-state index contributed by atoms with van der Waals surface area (Å²) >= 11 is 0. The predicted molar refractivity (Wildman–Crippen MR) is 138 cm³/mol. The maximum absolute atomic E-state index is 12.4. The second kappa shape index (κ2) is 10.2. The van der Waals surface area contributed by atoms with Gasteiger partial charge in [-0.1, -0.05) is 42.3 Å². The van der Waals surface area contributed by atoms with Gasteiger partial charge in [-0.2, -0.15) is 0 Å². The van der Waals surface area contributed by atoms with E-state index in [-0.39, 0.29) is 23.7 Å². The second-order valence-electron chi connectivity index (χ2n) is 10.1. The van der Waals surface area contributed by atoms with Crippen LogP contribution < -0.4 is 10.9 Å². The summed E-state index contributed by atoms with van der Waals surface area (Å²) in [6, 6.07) is 13.6. The monoisotopic (exact) mass is 485 g/mol. The van der Waals surface area contributed by atoms with Gasteiger partial charge in [-0.05, 0) is 38.3 Å². The van der Waals surface area contributed by atoms with Crippen LogP contribution in [-0.4, -0.2) is 36.9 Å². The summed E-state index contributed by atoms with van der Waals surface area (Å²) in [5, 5.41) is 17.0. The summed E-state index contributed by atoms with van der Waals surface area (Å²) in [4.78, 5) is 21.5. The Morgan fingerprint density at radius 3 is 2.50 bits per heavy atom. The van der Waals surface area contributed by atoms with Gasteiger partial charge in [-0.25, -0.2) is 4.98 Å². The summed E-state index contributed by atoms with van der Waals surface area (Å²) in [6.45, 7) is 4.65. The molecule has 0 amide bonds. The first-order chi connectivity index (χ1) is 17.4. The molecule has 0 bridgehead atoms. The summed E-state index contributed by atoms with van der Waals surface area (Å²) < 4.78 is 7.45. The molecule has 1 saturated carbocycles. The molecule has 0 atom stereocenters. The number of benzene rings is 1. The van der Waals surface area contributed by atoms with Crippen LogP contribution in [0, 0.1) is 0 Å². The van der Waals surface area contributed by atoms with Crippen LogP contribution in [0.4, 0.5) is 0 Å². The van der Waals surface area contributed by atoms with Crippen LogP contribution in [0.3, 0.4) is 0 Å². The maximum Gasteiger partial charge on any atom is 0.250 e. The third-order valence-electron chi connectivity index (χ3n) is 6.77. The molecule has 1 aliphatic carbocycles. The van der Waals surface area contributed by atoms with Gasteiger partial charge in [0.2, 0.25) is 0 Å². The standard InChI is InChI=1S/C28H31N5O3/c1-28(2,18-34)30-14-19-7-9-20(10-8-19)23-13-26(36-32-23)25-16-29-15-24(31-25)21-11-12-27(35)33(17-21)22-5-3-4-6-22/h7-13,15-17,22,30,34H,3-6,14,18H2,1-2H3. The Morgan fingerprint density at radius 2 is 1.75 bits per heavy atom. The number of pyridine rings is 1. The average Bonchev–Trinajstić information content (AvgIpc) is 3.61. The molecule has 3 heterocycles. The Kier molecular flexibility index (Phi) is 6.80. The minimum absolute atomic E-state index is 0.0218. The molecule has 0 radical (unpaired) electrons. The van der Waals surface area contributed by atoms with E-state index in [0.717, 1.165) is 42.4 Å². The van der Waals surface area contributed by atoms with Gasteiger partial charge in [0.15, 0.2) is 5.76 Å². The fraction of sp³-hybridized carbons (Fsp3) is 0.357. The lowest BCUT2D eigenvalue weighted by atomic mass is 10.1. The third-order valence-corrected chi connectivity index (χ3v) is 6.77. The highest BCUT2D eigenvalue weighted by Gasteiger charge is 2.19.